The predicted molar refractivity (Wildman–Crippen MR) is 82.3 cm³/mol. The second-order valence-electron chi connectivity index (χ2n) is 5.06. The van der Waals surface area contributed by atoms with E-state index in [1.807, 2.05) is 37.3 Å². The maximum absolute atomic E-state index is 12.3. The van der Waals surface area contributed by atoms with Crippen LogP contribution in [0, 0.1) is 0 Å². The SMILES string of the molecule is CC(NC(=O)c1cc2ccc(O)cc2[nH]1)c1ccccc1. The van der Waals surface area contributed by atoms with Gasteiger partial charge in [0.25, 0.3) is 5.91 Å². The molecule has 21 heavy (non-hydrogen) atoms. The summed E-state index contributed by atoms with van der Waals surface area (Å²) in [5, 5.41) is 13.3. The van der Waals surface area contributed by atoms with Crippen molar-refractivity contribution in [2.45, 2.75) is 13.0 Å². The molecule has 4 nitrogen and oxygen atoms in total. The number of carbonyl (C=O) groups excluding carboxylic acids is 1. The molecule has 3 aromatic rings. The molecule has 2 aromatic carbocycles. The molecule has 0 spiro atoms. The Balaban J connectivity index is 1.80. The van der Waals surface area contributed by atoms with Gasteiger partial charge in [0.05, 0.1) is 6.04 Å². The van der Waals surface area contributed by atoms with Crippen molar-refractivity contribution in [3.8, 4) is 5.75 Å². The molecule has 0 fully saturated rings. The Morgan fingerprint density at radius 1 is 1.14 bits per heavy atom. The molecule has 0 aliphatic heterocycles. The van der Waals surface area contributed by atoms with Crippen LogP contribution in [0.5, 0.6) is 5.75 Å². The number of phenolic OH excluding ortho intramolecular Hbond substituents is 1. The lowest BCUT2D eigenvalue weighted by atomic mass is 10.1. The molecule has 1 amide bonds. The van der Waals surface area contributed by atoms with Crippen LogP contribution in [0.4, 0.5) is 0 Å². The summed E-state index contributed by atoms with van der Waals surface area (Å²) in [4.78, 5) is 15.3. The Morgan fingerprint density at radius 2 is 1.90 bits per heavy atom. The Hall–Kier alpha value is -2.75. The van der Waals surface area contributed by atoms with Gasteiger partial charge in [-0.05, 0) is 30.7 Å². The van der Waals surface area contributed by atoms with E-state index in [2.05, 4.69) is 10.3 Å². The van der Waals surface area contributed by atoms with Gasteiger partial charge in [-0.15, -0.1) is 0 Å². The number of rotatable bonds is 3. The largest absolute Gasteiger partial charge is 0.508 e. The quantitative estimate of drug-likeness (QED) is 0.688. The van der Waals surface area contributed by atoms with E-state index >= 15 is 0 Å². The molecule has 0 radical (unpaired) electrons. The average molecular weight is 280 g/mol. The summed E-state index contributed by atoms with van der Waals surface area (Å²) in [5.74, 6) is 0.0102. The molecule has 1 atom stereocenters. The first-order valence-corrected chi connectivity index (χ1v) is 6.81. The molecule has 4 heteroatoms. The van der Waals surface area contributed by atoms with Gasteiger partial charge in [-0.1, -0.05) is 30.3 Å². The number of aromatic nitrogens is 1. The first-order valence-electron chi connectivity index (χ1n) is 6.81. The highest BCUT2D eigenvalue weighted by Gasteiger charge is 2.13. The van der Waals surface area contributed by atoms with Gasteiger partial charge in [0.2, 0.25) is 0 Å². The number of aromatic amines is 1. The first-order chi connectivity index (χ1) is 10.1. The smallest absolute Gasteiger partial charge is 0.268 e. The summed E-state index contributed by atoms with van der Waals surface area (Å²) in [7, 11) is 0. The number of hydrogen-bond donors (Lipinski definition) is 3. The van der Waals surface area contributed by atoms with Gasteiger partial charge in [-0.3, -0.25) is 4.79 Å². The van der Waals surface area contributed by atoms with Crippen molar-refractivity contribution < 1.29 is 9.90 Å². The minimum absolute atomic E-state index is 0.0708. The second-order valence-corrected chi connectivity index (χ2v) is 5.06. The third-order valence-corrected chi connectivity index (χ3v) is 3.50. The zero-order chi connectivity index (χ0) is 14.8. The lowest BCUT2D eigenvalue weighted by molar-refractivity contribution is 0.0935. The summed E-state index contributed by atoms with van der Waals surface area (Å²) in [6.45, 7) is 1.95. The van der Waals surface area contributed by atoms with E-state index in [0.29, 0.717) is 5.69 Å². The molecule has 106 valence electrons. The predicted octanol–water partition coefficient (Wildman–Crippen LogP) is 3.36. The van der Waals surface area contributed by atoms with Crippen LogP contribution >= 0.6 is 0 Å². The molecule has 0 bridgehead atoms. The summed E-state index contributed by atoms with van der Waals surface area (Å²) >= 11 is 0. The lowest BCUT2D eigenvalue weighted by Crippen LogP contribution is -2.26. The number of aromatic hydroxyl groups is 1. The van der Waals surface area contributed by atoms with Crippen LogP contribution in [-0.4, -0.2) is 16.0 Å². The van der Waals surface area contributed by atoms with Crippen LogP contribution in [0.2, 0.25) is 0 Å². The van der Waals surface area contributed by atoms with Gasteiger partial charge in [-0.25, -0.2) is 0 Å². The zero-order valence-corrected chi connectivity index (χ0v) is 11.6. The Labute approximate surface area is 122 Å². The molecule has 1 aromatic heterocycles. The highest BCUT2D eigenvalue weighted by Crippen LogP contribution is 2.21. The molecule has 3 rings (SSSR count). The maximum atomic E-state index is 12.3. The zero-order valence-electron chi connectivity index (χ0n) is 11.6. The van der Waals surface area contributed by atoms with Crippen LogP contribution in [-0.2, 0) is 0 Å². The van der Waals surface area contributed by atoms with Gasteiger partial charge in [0.1, 0.15) is 11.4 Å². The van der Waals surface area contributed by atoms with Crippen molar-refractivity contribution in [2.75, 3.05) is 0 Å². The number of amides is 1. The van der Waals surface area contributed by atoms with Crippen molar-refractivity contribution in [1.82, 2.24) is 10.3 Å². The monoisotopic (exact) mass is 280 g/mol. The number of benzene rings is 2. The van der Waals surface area contributed by atoms with E-state index in [1.54, 1.807) is 24.3 Å². The highest BCUT2D eigenvalue weighted by atomic mass is 16.3. The number of hydrogen-bond acceptors (Lipinski definition) is 2. The lowest BCUT2D eigenvalue weighted by Gasteiger charge is -2.13. The minimum atomic E-state index is -0.165. The first kappa shape index (κ1) is 13.2. The number of nitrogens with one attached hydrogen (secondary N) is 2. The number of fused-ring (bicyclic) bond motifs is 1. The highest BCUT2D eigenvalue weighted by molar-refractivity contribution is 5.98. The summed E-state index contributed by atoms with van der Waals surface area (Å²) < 4.78 is 0. The molecule has 0 saturated heterocycles. The Bertz CT molecular complexity index is 778. The van der Waals surface area contributed by atoms with E-state index in [4.69, 9.17) is 0 Å². The van der Waals surface area contributed by atoms with E-state index < -0.39 is 0 Å². The van der Waals surface area contributed by atoms with Crippen molar-refractivity contribution >= 4 is 16.8 Å². The van der Waals surface area contributed by atoms with Gasteiger partial charge in [0.15, 0.2) is 0 Å². The standard InChI is InChI=1S/C17H16N2O2/c1-11(12-5-3-2-4-6-12)18-17(21)16-9-13-7-8-14(20)10-15(13)19-16/h2-11,19-20H,1H3,(H,18,21). The molecule has 0 saturated carbocycles. The molecule has 3 N–H and O–H groups in total. The fourth-order valence-electron chi connectivity index (χ4n) is 2.34. The topological polar surface area (TPSA) is 65.1 Å². The molecule has 0 aliphatic rings. The molecular formula is C17H16N2O2. The van der Waals surface area contributed by atoms with E-state index in [9.17, 15) is 9.90 Å². The van der Waals surface area contributed by atoms with Crippen molar-refractivity contribution in [1.29, 1.82) is 0 Å². The fourth-order valence-corrected chi connectivity index (χ4v) is 2.34. The van der Waals surface area contributed by atoms with Crippen molar-refractivity contribution in [3.63, 3.8) is 0 Å². The third kappa shape index (κ3) is 2.74. The Morgan fingerprint density at radius 3 is 2.67 bits per heavy atom. The van der Waals surface area contributed by atoms with Crippen molar-refractivity contribution in [3.05, 3.63) is 65.9 Å². The summed E-state index contributed by atoms with van der Waals surface area (Å²) in [6.07, 6.45) is 0. The molecule has 1 heterocycles. The second kappa shape index (κ2) is 5.32. The van der Waals surface area contributed by atoms with E-state index in [1.165, 1.54) is 0 Å². The van der Waals surface area contributed by atoms with Crippen LogP contribution in [0.3, 0.4) is 0 Å². The third-order valence-electron chi connectivity index (χ3n) is 3.50. The number of H-pyrrole nitrogens is 1. The molecule has 0 aliphatic carbocycles. The van der Waals surface area contributed by atoms with Gasteiger partial charge in [0, 0.05) is 17.0 Å². The maximum Gasteiger partial charge on any atom is 0.268 e. The number of phenols is 1. The summed E-state index contributed by atoms with van der Waals surface area (Å²) in [5.41, 5.74) is 2.28. The minimum Gasteiger partial charge on any atom is -0.508 e. The fraction of sp³-hybridized carbons (Fsp3) is 0.118. The Kier molecular flexibility index (Phi) is 3.36. The van der Waals surface area contributed by atoms with Gasteiger partial charge >= 0.3 is 0 Å². The van der Waals surface area contributed by atoms with Crippen LogP contribution < -0.4 is 5.32 Å². The van der Waals surface area contributed by atoms with Crippen LogP contribution in [0.25, 0.3) is 10.9 Å². The van der Waals surface area contributed by atoms with Crippen molar-refractivity contribution in [2.24, 2.45) is 0 Å². The molecule has 1 unspecified atom stereocenters. The van der Waals surface area contributed by atoms with Gasteiger partial charge < -0.3 is 15.4 Å². The summed E-state index contributed by atoms with van der Waals surface area (Å²) in [6, 6.07) is 16.5. The number of carbonyl (C=O) groups is 1. The van der Waals surface area contributed by atoms with Gasteiger partial charge in [-0.2, -0.15) is 0 Å². The van der Waals surface area contributed by atoms with E-state index in [0.717, 1.165) is 16.5 Å². The normalized spacial score (nSPS) is 12.2. The molecular weight excluding hydrogens is 264 g/mol. The van der Waals surface area contributed by atoms with E-state index in [-0.39, 0.29) is 17.7 Å². The van der Waals surface area contributed by atoms with Crippen LogP contribution in [0.15, 0.2) is 54.6 Å². The van der Waals surface area contributed by atoms with Crippen LogP contribution in [0.1, 0.15) is 29.0 Å². The average Bonchev–Trinajstić information content (AvgIpc) is 2.91.